The third kappa shape index (κ3) is 4.60. The van der Waals surface area contributed by atoms with Crippen molar-refractivity contribution in [3.8, 4) is 0 Å². The second-order valence-electron chi connectivity index (χ2n) is 6.61. The zero-order chi connectivity index (χ0) is 16.9. The molecule has 24 heavy (non-hydrogen) atoms. The maximum atomic E-state index is 12.3. The molecule has 2 atom stereocenters. The molecule has 132 valence electrons. The average Bonchev–Trinajstić information content (AvgIpc) is 2.60. The molecule has 2 fully saturated rings. The number of aromatic nitrogens is 2. The van der Waals surface area contributed by atoms with E-state index in [0.717, 1.165) is 49.9 Å². The Balaban J connectivity index is 1.57. The van der Waals surface area contributed by atoms with Crippen LogP contribution in [0.4, 0.5) is 5.82 Å². The minimum Gasteiger partial charge on any atom is -0.372 e. The topological polar surface area (TPSA) is 58.6 Å². The van der Waals surface area contributed by atoms with Gasteiger partial charge in [-0.15, -0.1) is 0 Å². The summed E-state index contributed by atoms with van der Waals surface area (Å²) in [6.07, 6.45) is 5.47. The van der Waals surface area contributed by atoms with E-state index in [1.54, 1.807) is 6.33 Å². The Kier molecular flexibility index (Phi) is 5.94. The fraction of sp³-hybridized carbons (Fsp3) is 0.706. The highest BCUT2D eigenvalue weighted by Crippen LogP contribution is 2.23. The predicted octanol–water partition coefficient (Wildman–Crippen LogP) is 2.19. The van der Waals surface area contributed by atoms with Gasteiger partial charge >= 0.3 is 0 Å². The van der Waals surface area contributed by atoms with Crippen LogP contribution in [0.1, 0.15) is 33.1 Å². The summed E-state index contributed by atoms with van der Waals surface area (Å²) in [5.74, 6) is 1.58. The first kappa shape index (κ1) is 17.5. The van der Waals surface area contributed by atoms with Crippen LogP contribution in [-0.2, 0) is 9.53 Å². The van der Waals surface area contributed by atoms with Crippen molar-refractivity contribution < 1.29 is 9.53 Å². The highest BCUT2D eigenvalue weighted by Gasteiger charge is 2.23. The molecule has 0 bridgehead atoms. The van der Waals surface area contributed by atoms with E-state index in [2.05, 4.69) is 28.7 Å². The van der Waals surface area contributed by atoms with Crippen LogP contribution in [0.2, 0.25) is 0 Å². The first-order chi connectivity index (χ1) is 11.6. The number of carbonyl (C=O) groups excluding carboxylic acids is 1. The number of hydrogen-bond acceptors (Lipinski definition) is 6. The highest BCUT2D eigenvalue weighted by molar-refractivity contribution is 7.99. The van der Waals surface area contributed by atoms with Gasteiger partial charge in [-0.3, -0.25) is 4.79 Å². The van der Waals surface area contributed by atoms with Gasteiger partial charge < -0.3 is 14.5 Å². The van der Waals surface area contributed by atoms with E-state index in [1.807, 2.05) is 11.0 Å². The summed E-state index contributed by atoms with van der Waals surface area (Å²) in [5, 5.41) is 0.858. The Morgan fingerprint density at radius 1 is 1.21 bits per heavy atom. The molecule has 3 heterocycles. The van der Waals surface area contributed by atoms with Gasteiger partial charge in [0, 0.05) is 32.2 Å². The number of carbonyl (C=O) groups is 1. The molecule has 7 heteroatoms. The van der Waals surface area contributed by atoms with Gasteiger partial charge in [0.1, 0.15) is 17.2 Å². The molecule has 3 rings (SSSR count). The van der Waals surface area contributed by atoms with E-state index < -0.39 is 0 Å². The van der Waals surface area contributed by atoms with Crippen molar-refractivity contribution in [2.75, 3.05) is 36.8 Å². The summed E-state index contributed by atoms with van der Waals surface area (Å²) in [5.41, 5.74) is 0. The quantitative estimate of drug-likeness (QED) is 0.613. The predicted molar refractivity (Wildman–Crippen MR) is 95.4 cm³/mol. The van der Waals surface area contributed by atoms with Crippen molar-refractivity contribution >= 4 is 23.5 Å². The number of amides is 1. The number of thioether (sulfide) groups is 1. The molecule has 0 aromatic carbocycles. The number of nitrogens with zero attached hydrogens (tertiary/aromatic N) is 4. The van der Waals surface area contributed by atoms with Crippen LogP contribution in [0.25, 0.3) is 0 Å². The fourth-order valence-corrected chi connectivity index (χ4v) is 4.08. The summed E-state index contributed by atoms with van der Waals surface area (Å²) in [4.78, 5) is 25.2. The van der Waals surface area contributed by atoms with Crippen molar-refractivity contribution in [1.29, 1.82) is 0 Å². The molecule has 0 aliphatic carbocycles. The van der Waals surface area contributed by atoms with Gasteiger partial charge in [0.15, 0.2) is 0 Å². The number of rotatable bonds is 4. The lowest BCUT2D eigenvalue weighted by atomic mass is 10.1. The summed E-state index contributed by atoms with van der Waals surface area (Å²) >= 11 is 1.50. The third-order valence-corrected chi connectivity index (χ3v) is 5.33. The molecule has 6 nitrogen and oxygen atoms in total. The second kappa shape index (κ2) is 8.16. The molecule has 2 aliphatic heterocycles. The highest BCUT2D eigenvalue weighted by atomic mass is 32.2. The molecule has 2 saturated heterocycles. The molecule has 0 N–H and O–H groups in total. The first-order valence-electron chi connectivity index (χ1n) is 8.75. The lowest BCUT2D eigenvalue weighted by molar-refractivity contribution is -0.129. The van der Waals surface area contributed by atoms with E-state index in [-0.39, 0.29) is 18.1 Å². The molecule has 2 unspecified atom stereocenters. The molecule has 0 radical (unpaired) electrons. The largest absolute Gasteiger partial charge is 0.372 e. The van der Waals surface area contributed by atoms with Crippen molar-refractivity contribution in [2.45, 2.75) is 50.3 Å². The van der Waals surface area contributed by atoms with Crippen LogP contribution in [0.15, 0.2) is 17.4 Å². The smallest absolute Gasteiger partial charge is 0.232 e. The normalized spacial score (nSPS) is 24.9. The number of hydrogen-bond donors (Lipinski definition) is 0. The SMILES string of the molecule is CC1CN(c2cc(SCC(=O)N3CCCCC3)ncn2)CC(C)O1. The van der Waals surface area contributed by atoms with Gasteiger partial charge in [-0.25, -0.2) is 9.97 Å². The molecule has 1 amide bonds. The molecule has 0 spiro atoms. The van der Waals surface area contributed by atoms with E-state index in [4.69, 9.17) is 4.74 Å². The zero-order valence-corrected chi connectivity index (χ0v) is 15.3. The maximum Gasteiger partial charge on any atom is 0.232 e. The van der Waals surface area contributed by atoms with Gasteiger partial charge in [0.25, 0.3) is 0 Å². The molecule has 2 aliphatic rings. The third-order valence-electron chi connectivity index (χ3n) is 4.42. The van der Waals surface area contributed by atoms with E-state index in [1.165, 1.54) is 18.2 Å². The Morgan fingerprint density at radius 3 is 2.62 bits per heavy atom. The van der Waals surface area contributed by atoms with Gasteiger partial charge in [-0.2, -0.15) is 0 Å². The fourth-order valence-electron chi connectivity index (χ4n) is 3.32. The van der Waals surface area contributed by atoms with E-state index >= 15 is 0 Å². The van der Waals surface area contributed by atoms with Crippen LogP contribution in [0.5, 0.6) is 0 Å². The Bertz CT molecular complexity index is 555. The molecular formula is C17H26N4O2S. The van der Waals surface area contributed by atoms with E-state index in [0.29, 0.717) is 5.75 Å². The average molecular weight is 350 g/mol. The standard InChI is InChI=1S/C17H26N4O2S/c1-13-9-21(10-14(2)23-13)15-8-16(19-12-18-15)24-11-17(22)20-6-4-3-5-7-20/h8,12-14H,3-7,9-11H2,1-2H3. The van der Waals surface area contributed by atoms with Gasteiger partial charge in [0.05, 0.1) is 18.0 Å². The molecular weight excluding hydrogens is 324 g/mol. The summed E-state index contributed by atoms with van der Waals surface area (Å²) in [6.45, 7) is 7.62. The van der Waals surface area contributed by atoms with Crippen LogP contribution >= 0.6 is 11.8 Å². The lowest BCUT2D eigenvalue weighted by Gasteiger charge is -2.36. The van der Waals surface area contributed by atoms with Gasteiger partial charge in [-0.05, 0) is 33.1 Å². The Hall–Kier alpha value is -1.34. The van der Waals surface area contributed by atoms with Crippen LogP contribution in [0.3, 0.4) is 0 Å². The second-order valence-corrected chi connectivity index (χ2v) is 7.60. The number of likely N-dealkylation sites (tertiary alicyclic amines) is 1. The lowest BCUT2D eigenvalue weighted by Crippen LogP contribution is -2.45. The minimum atomic E-state index is 0.195. The monoisotopic (exact) mass is 350 g/mol. The number of piperidine rings is 1. The van der Waals surface area contributed by atoms with Crippen molar-refractivity contribution in [2.24, 2.45) is 0 Å². The number of morpholine rings is 1. The van der Waals surface area contributed by atoms with Gasteiger partial charge in [0.2, 0.25) is 5.91 Å². The maximum absolute atomic E-state index is 12.3. The number of ether oxygens (including phenoxy) is 1. The summed E-state index contributed by atoms with van der Waals surface area (Å²) in [6, 6.07) is 1.99. The van der Waals surface area contributed by atoms with Gasteiger partial charge in [-0.1, -0.05) is 11.8 Å². The van der Waals surface area contributed by atoms with Crippen molar-refractivity contribution in [3.63, 3.8) is 0 Å². The first-order valence-corrected chi connectivity index (χ1v) is 9.73. The van der Waals surface area contributed by atoms with Crippen molar-refractivity contribution in [1.82, 2.24) is 14.9 Å². The summed E-state index contributed by atoms with van der Waals surface area (Å²) < 4.78 is 5.77. The van der Waals surface area contributed by atoms with E-state index in [9.17, 15) is 4.79 Å². The van der Waals surface area contributed by atoms with Crippen LogP contribution in [0, 0.1) is 0 Å². The summed E-state index contributed by atoms with van der Waals surface area (Å²) in [7, 11) is 0. The minimum absolute atomic E-state index is 0.195. The zero-order valence-electron chi connectivity index (χ0n) is 14.5. The van der Waals surface area contributed by atoms with Crippen LogP contribution < -0.4 is 4.90 Å². The number of anilines is 1. The Morgan fingerprint density at radius 2 is 1.92 bits per heavy atom. The van der Waals surface area contributed by atoms with Crippen LogP contribution in [-0.4, -0.2) is 64.9 Å². The van der Waals surface area contributed by atoms with Crippen molar-refractivity contribution in [3.05, 3.63) is 12.4 Å². The molecule has 1 aromatic heterocycles. The molecule has 0 saturated carbocycles. The molecule has 1 aromatic rings. The Labute approximate surface area is 148 Å².